The van der Waals surface area contributed by atoms with E-state index in [1.165, 1.54) is 17.1 Å². The van der Waals surface area contributed by atoms with E-state index in [-0.39, 0.29) is 28.7 Å². The largest absolute Gasteiger partial charge is 0.421 e. The molecule has 0 bridgehead atoms. The molecule has 2 aromatic rings. The Morgan fingerprint density at radius 3 is 2.68 bits per heavy atom. The summed E-state index contributed by atoms with van der Waals surface area (Å²) in [6.07, 6.45) is 6.14. The van der Waals surface area contributed by atoms with E-state index in [1.807, 2.05) is 0 Å². The van der Waals surface area contributed by atoms with Crippen molar-refractivity contribution < 1.29 is 14.3 Å². The van der Waals surface area contributed by atoms with E-state index in [0.717, 1.165) is 25.7 Å². The number of ether oxygens (including phenoxy) is 1. The molecule has 28 heavy (non-hydrogen) atoms. The van der Waals surface area contributed by atoms with Crippen LogP contribution in [-0.4, -0.2) is 14.5 Å². The molecule has 1 N–H and O–H groups in total. The van der Waals surface area contributed by atoms with Crippen molar-refractivity contribution in [3.63, 3.8) is 0 Å². The van der Waals surface area contributed by atoms with Gasteiger partial charge in [-0.05, 0) is 25.3 Å². The second-order valence-electron chi connectivity index (χ2n) is 7.30. The Balaban J connectivity index is 1.85. The molecule has 152 valence electrons. The quantitative estimate of drug-likeness (QED) is 0.738. The summed E-state index contributed by atoms with van der Waals surface area (Å²) in [6.45, 7) is 1.31. The minimum Gasteiger partial charge on any atom is -0.421 e. The summed E-state index contributed by atoms with van der Waals surface area (Å²) in [5, 5.41) is 9.83. The molecule has 1 aromatic heterocycles. The van der Waals surface area contributed by atoms with Crippen molar-refractivity contribution in [2.24, 2.45) is 5.92 Å². The zero-order valence-corrected chi connectivity index (χ0v) is 16.5. The average molecular weight is 411 g/mol. The lowest BCUT2D eigenvalue weighted by Crippen LogP contribution is -2.42. The zero-order valence-electron chi connectivity index (χ0n) is 15.8. The summed E-state index contributed by atoms with van der Waals surface area (Å²) >= 11 is 5.77. The number of hydrogen-bond donors (Lipinski definition) is 1. The molecule has 1 aliphatic carbocycles. The first-order valence-electron chi connectivity index (χ1n) is 9.45. The monoisotopic (exact) mass is 410 g/mol. The normalized spacial score (nSPS) is 15.1. The van der Waals surface area contributed by atoms with Crippen molar-refractivity contribution >= 4 is 11.6 Å². The van der Waals surface area contributed by atoms with Crippen LogP contribution in [0.5, 0.6) is 0 Å². The fourth-order valence-electron chi connectivity index (χ4n) is 3.77. The lowest BCUT2D eigenvalue weighted by molar-refractivity contribution is 0.0477. The van der Waals surface area contributed by atoms with E-state index in [1.54, 1.807) is 19.1 Å². The Kier molecular flexibility index (Phi) is 6.57. The van der Waals surface area contributed by atoms with E-state index < -0.39 is 17.1 Å². The fraction of sp³-hybridized carbons (Fsp3) is 0.500. The van der Waals surface area contributed by atoms with Gasteiger partial charge >= 0.3 is 5.69 Å². The summed E-state index contributed by atoms with van der Waals surface area (Å²) in [4.78, 5) is 24.6. The summed E-state index contributed by atoms with van der Waals surface area (Å²) in [5.41, 5.74) is -0.409. The van der Waals surface area contributed by atoms with Gasteiger partial charge in [0, 0.05) is 16.8 Å². The number of aromatic nitrogens is 2. The second kappa shape index (κ2) is 8.92. The molecule has 1 saturated carbocycles. The van der Waals surface area contributed by atoms with Crippen LogP contribution in [0, 0.1) is 18.7 Å². The molecule has 0 aliphatic heterocycles. The molecular weight excluding hydrogens is 387 g/mol. The highest BCUT2D eigenvalue weighted by molar-refractivity contribution is 6.30. The van der Waals surface area contributed by atoms with Gasteiger partial charge in [-0.25, -0.2) is 9.18 Å². The summed E-state index contributed by atoms with van der Waals surface area (Å²) in [6, 6.07) is 4.60. The lowest BCUT2D eigenvalue weighted by atomic mass is 9.85. The summed E-state index contributed by atoms with van der Waals surface area (Å²) in [7, 11) is 0. The molecule has 1 fully saturated rings. The summed E-state index contributed by atoms with van der Waals surface area (Å²) in [5.74, 6) is -0.181. The third kappa shape index (κ3) is 4.31. The molecule has 0 spiro atoms. The van der Waals surface area contributed by atoms with E-state index >= 15 is 0 Å². The maximum Gasteiger partial charge on any atom is 0.366 e. The van der Waals surface area contributed by atoms with Crippen molar-refractivity contribution in [2.75, 3.05) is 0 Å². The van der Waals surface area contributed by atoms with E-state index in [9.17, 15) is 19.2 Å². The van der Waals surface area contributed by atoms with Gasteiger partial charge in [-0.3, -0.25) is 9.36 Å². The molecule has 0 amide bonds. The van der Waals surface area contributed by atoms with Gasteiger partial charge in [-0.2, -0.15) is 0 Å². The molecular formula is C20H24ClFN2O4. The number of nitrogens with zero attached hydrogens (tertiary/aromatic N) is 2. The van der Waals surface area contributed by atoms with Crippen molar-refractivity contribution in [1.29, 1.82) is 0 Å². The highest BCUT2D eigenvalue weighted by Gasteiger charge is 2.21. The lowest BCUT2D eigenvalue weighted by Gasteiger charge is -2.24. The maximum atomic E-state index is 14.0. The van der Waals surface area contributed by atoms with Crippen LogP contribution in [-0.2, 0) is 24.5 Å². The molecule has 0 unspecified atom stereocenters. The third-order valence-corrected chi connectivity index (χ3v) is 5.69. The Morgan fingerprint density at radius 2 is 1.96 bits per heavy atom. The highest BCUT2D eigenvalue weighted by atomic mass is 35.5. The van der Waals surface area contributed by atoms with Gasteiger partial charge in [0.05, 0.1) is 11.6 Å². The van der Waals surface area contributed by atoms with Crippen molar-refractivity contribution in [2.45, 2.75) is 58.8 Å². The molecule has 0 atom stereocenters. The van der Waals surface area contributed by atoms with Crippen LogP contribution < -0.4 is 11.2 Å². The van der Waals surface area contributed by atoms with Gasteiger partial charge in [0.1, 0.15) is 12.5 Å². The molecule has 1 aliphatic rings. The Labute approximate surface area is 167 Å². The minimum absolute atomic E-state index is 0.00370. The first-order chi connectivity index (χ1) is 13.4. The van der Waals surface area contributed by atoms with Crippen LogP contribution >= 0.6 is 11.6 Å². The zero-order chi connectivity index (χ0) is 20.3. The van der Waals surface area contributed by atoms with Crippen molar-refractivity contribution in [3.8, 4) is 0 Å². The minimum atomic E-state index is -0.854. The van der Waals surface area contributed by atoms with Crippen LogP contribution in [0.2, 0.25) is 5.02 Å². The number of halogens is 2. The first-order valence-corrected chi connectivity index (χ1v) is 9.83. The number of rotatable bonds is 6. The van der Waals surface area contributed by atoms with Crippen LogP contribution in [0.3, 0.4) is 0 Å². The topological polar surface area (TPSA) is 73.5 Å². The molecule has 1 aromatic carbocycles. The Morgan fingerprint density at radius 1 is 1.25 bits per heavy atom. The highest BCUT2D eigenvalue weighted by Crippen LogP contribution is 2.27. The van der Waals surface area contributed by atoms with Gasteiger partial charge in [0.2, 0.25) is 0 Å². The van der Waals surface area contributed by atoms with Gasteiger partial charge < -0.3 is 9.94 Å². The van der Waals surface area contributed by atoms with Crippen molar-refractivity contribution in [1.82, 2.24) is 9.30 Å². The van der Waals surface area contributed by atoms with E-state index in [0.29, 0.717) is 23.6 Å². The first kappa shape index (κ1) is 20.6. The van der Waals surface area contributed by atoms with Crippen molar-refractivity contribution in [3.05, 3.63) is 66.7 Å². The average Bonchev–Trinajstić information content (AvgIpc) is 2.70. The molecule has 8 heteroatoms. The molecule has 0 saturated heterocycles. The molecule has 1 heterocycles. The van der Waals surface area contributed by atoms with Crippen LogP contribution in [0.25, 0.3) is 0 Å². The Bertz CT molecular complexity index is 964. The Hall–Kier alpha value is -2.12. The third-order valence-electron chi connectivity index (χ3n) is 5.40. The predicted molar refractivity (Wildman–Crippen MR) is 103 cm³/mol. The van der Waals surface area contributed by atoms with Crippen LogP contribution in [0.1, 0.15) is 48.9 Å². The van der Waals surface area contributed by atoms with Crippen LogP contribution in [0.4, 0.5) is 4.39 Å². The van der Waals surface area contributed by atoms with Gasteiger partial charge in [0.15, 0.2) is 0 Å². The van der Waals surface area contributed by atoms with E-state index in [2.05, 4.69) is 0 Å². The molecule has 6 nitrogen and oxygen atoms in total. The number of hydrogen-bond acceptors (Lipinski definition) is 4. The van der Waals surface area contributed by atoms with E-state index in [4.69, 9.17) is 16.3 Å². The van der Waals surface area contributed by atoms with Gasteiger partial charge in [-0.15, -0.1) is 0 Å². The van der Waals surface area contributed by atoms with Gasteiger partial charge in [-0.1, -0.05) is 60.6 Å². The SMILES string of the molecule is Cc1c(CC2CCCCC2)n(COCc2cccc(Cl)c2F)c(=O)n(O)c1=O. The van der Waals surface area contributed by atoms with Crippen LogP contribution in [0.15, 0.2) is 27.8 Å². The summed E-state index contributed by atoms with van der Waals surface area (Å²) < 4.78 is 20.9. The fourth-order valence-corrected chi connectivity index (χ4v) is 3.96. The second-order valence-corrected chi connectivity index (χ2v) is 7.71. The smallest absolute Gasteiger partial charge is 0.366 e. The molecule has 3 rings (SSSR count). The number of benzene rings is 1. The predicted octanol–water partition coefficient (Wildman–Crippen LogP) is 3.65. The van der Waals surface area contributed by atoms with Gasteiger partial charge in [0.25, 0.3) is 5.56 Å². The maximum absolute atomic E-state index is 14.0. The standard InChI is InChI=1S/C20H24ClFN2O4/c1-13-17(10-14-6-3-2-4-7-14)23(20(26)24(27)19(13)25)12-28-11-15-8-5-9-16(21)18(15)22/h5,8-9,14,27H,2-4,6-7,10-12H2,1H3. The molecule has 0 radical (unpaired) electrons.